The van der Waals surface area contributed by atoms with E-state index in [4.69, 9.17) is 5.41 Å². The number of hydrogen-bond acceptors (Lipinski definition) is 3. The Balaban J connectivity index is 1.69. The van der Waals surface area contributed by atoms with E-state index in [9.17, 15) is 0 Å². The Morgan fingerprint density at radius 2 is 2.12 bits per heavy atom. The first-order chi connectivity index (χ1) is 7.65. The second kappa shape index (κ2) is 4.58. The summed E-state index contributed by atoms with van der Waals surface area (Å²) in [5.74, 6) is 0. The zero-order valence-electron chi connectivity index (χ0n) is 10.3. The lowest BCUT2D eigenvalue weighted by Gasteiger charge is -2.34. The van der Waals surface area contributed by atoms with Gasteiger partial charge in [0.1, 0.15) is 0 Å². The molecular formula is C13H23N3. The topological polar surface area (TPSA) is 39.1 Å². The Hall–Kier alpha value is -0.830. The van der Waals surface area contributed by atoms with Crippen LogP contribution in [0.4, 0.5) is 0 Å². The Bertz CT molecular complexity index is 273. The zero-order valence-corrected chi connectivity index (χ0v) is 10.3. The molecule has 2 rings (SSSR count). The summed E-state index contributed by atoms with van der Waals surface area (Å²) in [6, 6.07) is 0.646. The molecule has 0 radical (unpaired) electrons. The molecule has 1 aliphatic heterocycles. The lowest BCUT2D eigenvalue weighted by atomic mass is 10.0. The Morgan fingerprint density at radius 3 is 2.56 bits per heavy atom. The molecule has 1 heterocycles. The summed E-state index contributed by atoms with van der Waals surface area (Å²) in [5.41, 5.74) is 1.42. The summed E-state index contributed by atoms with van der Waals surface area (Å²) in [5, 5.41) is 11.0. The van der Waals surface area contributed by atoms with Crippen molar-refractivity contribution in [3.63, 3.8) is 0 Å². The highest BCUT2D eigenvalue weighted by molar-refractivity contribution is 5.66. The molecular weight excluding hydrogens is 198 g/mol. The van der Waals surface area contributed by atoms with E-state index in [-0.39, 0.29) is 5.41 Å². The number of nitrogens with zero attached hydrogens (tertiary/aromatic N) is 1. The third kappa shape index (κ3) is 2.64. The molecule has 0 aromatic heterocycles. The van der Waals surface area contributed by atoms with Gasteiger partial charge in [0.25, 0.3) is 0 Å². The molecule has 90 valence electrons. The molecule has 0 spiro atoms. The van der Waals surface area contributed by atoms with Gasteiger partial charge >= 0.3 is 0 Å². The van der Waals surface area contributed by atoms with Crippen molar-refractivity contribution < 1.29 is 0 Å². The molecule has 3 heteroatoms. The monoisotopic (exact) mass is 221 g/mol. The highest BCUT2D eigenvalue weighted by Crippen LogP contribution is 2.42. The fraction of sp³-hybridized carbons (Fsp3) is 0.769. The van der Waals surface area contributed by atoms with Crippen molar-refractivity contribution in [3.05, 3.63) is 12.3 Å². The summed E-state index contributed by atoms with van der Waals surface area (Å²) in [6.45, 7) is 9.34. The second-order valence-corrected chi connectivity index (χ2v) is 5.38. The minimum absolute atomic E-state index is 0.228. The molecule has 3 nitrogen and oxygen atoms in total. The molecule has 1 aliphatic carbocycles. The zero-order chi connectivity index (χ0) is 11.6. The quantitative estimate of drug-likeness (QED) is 0.697. The number of allylic oxidation sites excluding steroid dienone is 1. The fourth-order valence-corrected chi connectivity index (χ4v) is 2.35. The maximum Gasteiger partial charge on any atom is 0.0189 e. The highest BCUT2D eigenvalue weighted by Gasteiger charge is 2.40. The molecule has 2 aliphatic rings. The number of piperidine rings is 1. The maximum absolute atomic E-state index is 7.39. The smallest absolute Gasteiger partial charge is 0.0189 e. The largest absolute Gasteiger partial charge is 0.375 e. The van der Waals surface area contributed by atoms with Gasteiger partial charge in [-0.05, 0) is 32.6 Å². The summed E-state index contributed by atoms with van der Waals surface area (Å²) >= 11 is 0. The number of nitrogens with one attached hydrogen (secondary N) is 2. The van der Waals surface area contributed by atoms with Crippen LogP contribution >= 0.6 is 0 Å². The van der Waals surface area contributed by atoms with Crippen molar-refractivity contribution in [3.8, 4) is 0 Å². The highest BCUT2D eigenvalue weighted by atomic mass is 15.1. The van der Waals surface area contributed by atoms with Crippen LogP contribution in [0.2, 0.25) is 0 Å². The van der Waals surface area contributed by atoms with Crippen molar-refractivity contribution in [2.45, 2.75) is 38.6 Å². The summed E-state index contributed by atoms with van der Waals surface area (Å²) in [7, 11) is 0. The van der Waals surface area contributed by atoms with E-state index >= 15 is 0 Å². The van der Waals surface area contributed by atoms with Gasteiger partial charge in [-0.25, -0.2) is 0 Å². The SMILES string of the molecule is C=C(C)N1CCC(NCC2(C=N)CC2)CC1. The van der Waals surface area contributed by atoms with E-state index in [0.29, 0.717) is 6.04 Å². The van der Waals surface area contributed by atoms with E-state index in [2.05, 4.69) is 23.7 Å². The van der Waals surface area contributed by atoms with Crippen LogP contribution in [-0.4, -0.2) is 36.8 Å². The number of hydrogen-bond donors (Lipinski definition) is 2. The van der Waals surface area contributed by atoms with Crippen molar-refractivity contribution >= 4 is 6.21 Å². The number of rotatable bonds is 5. The van der Waals surface area contributed by atoms with Gasteiger partial charge in [-0.3, -0.25) is 0 Å². The van der Waals surface area contributed by atoms with E-state index in [0.717, 1.165) is 19.6 Å². The average Bonchev–Trinajstić information content (AvgIpc) is 3.08. The number of likely N-dealkylation sites (tertiary alicyclic amines) is 1. The van der Waals surface area contributed by atoms with Gasteiger partial charge < -0.3 is 15.6 Å². The molecule has 16 heavy (non-hydrogen) atoms. The molecule has 0 aromatic carbocycles. The van der Waals surface area contributed by atoms with E-state index < -0.39 is 0 Å². The standard InChI is InChI=1S/C13H23N3/c1-11(2)16-7-3-12(4-8-16)15-10-13(9-14)5-6-13/h9,12,14-15H,1,3-8,10H2,2H3. The fourth-order valence-electron chi connectivity index (χ4n) is 2.35. The molecule has 2 N–H and O–H groups in total. The lowest BCUT2D eigenvalue weighted by molar-refractivity contribution is 0.240. The van der Waals surface area contributed by atoms with Crippen LogP contribution in [0.1, 0.15) is 32.6 Å². The Kier molecular flexibility index (Phi) is 3.33. The summed E-state index contributed by atoms with van der Waals surface area (Å²) in [6.07, 6.45) is 6.47. The Labute approximate surface area is 98.4 Å². The van der Waals surface area contributed by atoms with E-state index in [1.165, 1.54) is 31.4 Å². The molecule has 1 saturated heterocycles. The van der Waals surface area contributed by atoms with Crippen LogP contribution in [0, 0.1) is 10.8 Å². The first-order valence-corrected chi connectivity index (χ1v) is 6.31. The maximum atomic E-state index is 7.39. The van der Waals surface area contributed by atoms with E-state index in [1.807, 2.05) is 0 Å². The van der Waals surface area contributed by atoms with Crippen molar-refractivity contribution in [1.29, 1.82) is 5.41 Å². The van der Waals surface area contributed by atoms with Crippen LogP contribution in [0.3, 0.4) is 0 Å². The first kappa shape index (κ1) is 11.6. The van der Waals surface area contributed by atoms with Crippen molar-refractivity contribution in [1.82, 2.24) is 10.2 Å². The van der Waals surface area contributed by atoms with Crippen LogP contribution in [-0.2, 0) is 0 Å². The first-order valence-electron chi connectivity index (χ1n) is 6.31. The molecule has 0 unspecified atom stereocenters. The molecule has 2 fully saturated rings. The van der Waals surface area contributed by atoms with Gasteiger partial charge in [0.15, 0.2) is 0 Å². The van der Waals surface area contributed by atoms with Gasteiger partial charge in [-0.2, -0.15) is 0 Å². The Morgan fingerprint density at radius 1 is 1.50 bits per heavy atom. The average molecular weight is 221 g/mol. The normalized spacial score (nSPS) is 24.2. The van der Waals surface area contributed by atoms with Gasteiger partial charge in [0.2, 0.25) is 0 Å². The van der Waals surface area contributed by atoms with Crippen LogP contribution in [0.5, 0.6) is 0 Å². The molecule has 0 atom stereocenters. The van der Waals surface area contributed by atoms with Crippen LogP contribution in [0.25, 0.3) is 0 Å². The molecule has 0 aromatic rings. The summed E-state index contributed by atoms with van der Waals surface area (Å²) in [4.78, 5) is 2.36. The molecule has 1 saturated carbocycles. The predicted octanol–water partition coefficient (Wildman–Crippen LogP) is 2.00. The van der Waals surface area contributed by atoms with Gasteiger partial charge in [0.05, 0.1) is 0 Å². The minimum atomic E-state index is 0.228. The molecule has 0 bridgehead atoms. The summed E-state index contributed by atoms with van der Waals surface area (Å²) < 4.78 is 0. The van der Waals surface area contributed by atoms with Gasteiger partial charge in [-0.15, -0.1) is 0 Å². The van der Waals surface area contributed by atoms with Gasteiger partial charge in [-0.1, -0.05) is 6.58 Å². The predicted molar refractivity (Wildman–Crippen MR) is 67.9 cm³/mol. The van der Waals surface area contributed by atoms with Gasteiger partial charge in [0, 0.05) is 43.0 Å². The second-order valence-electron chi connectivity index (χ2n) is 5.38. The van der Waals surface area contributed by atoms with Crippen LogP contribution < -0.4 is 5.32 Å². The van der Waals surface area contributed by atoms with Crippen molar-refractivity contribution in [2.75, 3.05) is 19.6 Å². The minimum Gasteiger partial charge on any atom is -0.375 e. The third-order valence-corrected chi connectivity index (χ3v) is 3.98. The molecule has 0 amide bonds. The van der Waals surface area contributed by atoms with Crippen molar-refractivity contribution in [2.24, 2.45) is 5.41 Å². The van der Waals surface area contributed by atoms with E-state index in [1.54, 1.807) is 6.21 Å². The third-order valence-electron chi connectivity index (χ3n) is 3.98. The van der Waals surface area contributed by atoms with Crippen LogP contribution in [0.15, 0.2) is 12.3 Å². The lowest BCUT2D eigenvalue weighted by Crippen LogP contribution is -2.43.